The van der Waals surface area contributed by atoms with Crippen molar-refractivity contribution in [2.75, 3.05) is 0 Å². The predicted octanol–water partition coefficient (Wildman–Crippen LogP) is 3.47. The van der Waals surface area contributed by atoms with Crippen molar-refractivity contribution >= 4 is 35.1 Å². The van der Waals surface area contributed by atoms with E-state index in [1.807, 2.05) is 6.92 Å². The zero-order valence-electron chi connectivity index (χ0n) is 13.5. The molecule has 0 aliphatic heterocycles. The number of nitrogens with zero attached hydrogens (tertiary/aromatic N) is 2. The summed E-state index contributed by atoms with van der Waals surface area (Å²) in [5.41, 5.74) is 1.76. The summed E-state index contributed by atoms with van der Waals surface area (Å²) in [5.74, 6) is -1.50. The third kappa shape index (κ3) is 3.80. The number of amides is 1. The fraction of sp³-hybridized carbons (Fsp3) is 0.353. The Labute approximate surface area is 154 Å². The highest BCUT2D eigenvalue weighted by atomic mass is 35.5. The molecule has 1 aliphatic carbocycles. The molecule has 2 N–H and O–H groups in total. The molecule has 0 radical (unpaired) electrons. The smallest absolute Gasteiger partial charge is 0.306 e. The van der Waals surface area contributed by atoms with E-state index >= 15 is 0 Å². The Kier molecular flexibility index (Phi) is 5.01. The van der Waals surface area contributed by atoms with Crippen LogP contribution in [0.2, 0.25) is 10.0 Å². The Balaban J connectivity index is 1.74. The minimum atomic E-state index is -0.809. The summed E-state index contributed by atoms with van der Waals surface area (Å²) >= 11 is 12.0. The molecule has 8 heteroatoms. The lowest BCUT2D eigenvalue weighted by molar-refractivity contribution is -0.141. The monoisotopic (exact) mass is 381 g/mol. The van der Waals surface area contributed by atoms with E-state index in [0.29, 0.717) is 35.0 Å². The first-order valence-electron chi connectivity index (χ1n) is 7.91. The SMILES string of the molecule is Cc1cc(C(=O)N[C@H]2CC[C@@H](C(=O)O)C2)nn1-c1ccc(Cl)c(Cl)c1. The van der Waals surface area contributed by atoms with Crippen LogP contribution in [0.15, 0.2) is 24.3 Å². The third-order valence-corrected chi connectivity index (χ3v) is 5.12. The molecule has 6 nitrogen and oxygen atoms in total. The van der Waals surface area contributed by atoms with E-state index in [-0.39, 0.29) is 23.6 Å². The Morgan fingerprint density at radius 1 is 1.24 bits per heavy atom. The minimum Gasteiger partial charge on any atom is -0.481 e. The number of carbonyl (C=O) groups is 2. The highest BCUT2D eigenvalue weighted by molar-refractivity contribution is 6.42. The first-order chi connectivity index (χ1) is 11.8. The number of carboxylic acids is 1. The van der Waals surface area contributed by atoms with E-state index < -0.39 is 5.97 Å². The summed E-state index contributed by atoms with van der Waals surface area (Å²) in [6, 6.07) is 6.67. The molecule has 0 unspecified atom stereocenters. The van der Waals surface area contributed by atoms with Crippen LogP contribution in [0.5, 0.6) is 0 Å². The minimum absolute atomic E-state index is 0.135. The van der Waals surface area contributed by atoms with Gasteiger partial charge in [-0.2, -0.15) is 5.10 Å². The summed E-state index contributed by atoms with van der Waals surface area (Å²) in [7, 11) is 0. The van der Waals surface area contributed by atoms with Crippen LogP contribution in [0, 0.1) is 12.8 Å². The average Bonchev–Trinajstić information content (AvgIpc) is 3.17. The number of benzene rings is 1. The van der Waals surface area contributed by atoms with Gasteiger partial charge in [0, 0.05) is 11.7 Å². The van der Waals surface area contributed by atoms with Gasteiger partial charge in [-0.1, -0.05) is 23.2 Å². The molecule has 0 bridgehead atoms. The maximum absolute atomic E-state index is 12.4. The molecule has 2 atom stereocenters. The maximum Gasteiger partial charge on any atom is 0.306 e. The molecule has 3 rings (SSSR count). The maximum atomic E-state index is 12.4. The van der Waals surface area contributed by atoms with E-state index in [9.17, 15) is 9.59 Å². The van der Waals surface area contributed by atoms with E-state index in [1.165, 1.54) is 0 Å². The lowest BCUT2D eigenvalue weighted by atomic mass is 10.1. The van der Waals surface area contributed by atoms with Gasteiger partial charge in [0.15, 0.2) is 5.69 Å². The fourth-order valence-corrected chi connectivity index (χ4v) is 3.35. The fourth-order valence-electron chi connectivity index (χ4n) is 3.06. The van der Waals surface area contributed by atoms with Gasteiger partial charge in [0.1, 0.15) is 0 Å². The number of hydrogen-bond acceptors (Lipinski definition) is 3. The summed E-state index contributed by atoms with van der Waals surface area (Å²) in [6.45, 7) is 1.84. The number of carbonyl (C=O) groups excluding carboxylic acids is 1. The molecule has 2 aromatic rings. The highest BCUT2D eigenvalue weighted by Crippen LogP contribution is 2.27. The second kappa shape index (κ2) is 7.06. The van der Waals surface area contributed by atoms with Gasteiger partial charge in [0.2, 0.25) is 0 Å². The number of hydrogen-bond donors (Lipinski definition) is 2. The molecule has 25 heavy (non-hydrogen) atoms. The van der Waals surface area contributed by atoms with E-state index in [4.69, 9.17) is 28.3 Å². The Morgan fingerprint density at radius 3 is 2.64 bits per heavy atom. The topological polar surface area (TPSA) is 84.2 Å². The van der Waals surface area contributed by atoms with Crippen LogP contribution in [-0.4, -0.2) is 32.8 Å². The predicted molar refractivity (Wildman–Crippen MR) is 94.6 cm³/mol. The van der Waals surface area contributed by atoms with E-state index in [2.05, 4.69) is 10.4 Å². The van der Waals surface area contributed by atoms with Crippen LogP contribution in [0.3, 0.4) is 0 Å². The molecule has 1 aliphatic rings. The summed E-state index contributed by atoms with van der Waals surface area (Å²) in [4.78, 5) is 23.4. The molecule has 0 saturated heterocycles. The second-order valence-electron chi connectivity index (χ2n) is 6.20. The Bertz CT molecular complexity index is 835. The highest BCUT2D eigenvalue weighted by Gasteiger charge is 2.31. The molecule has 132 valence electrons. The first kappa shape index (κ1) is 17.8. The van der Waals surface area contributed by atoms with E-state index in [1.54, 1.807) is 28.9 Å². The number of aryl methyl sites for hydroxylation is 1. The summed E-state index contributed by atoms with van der Waals surface area (Å²) in [6.07, 6.45) is 1.69. The number of aromatic nitrogens is 2. The van der Waals surface area contributed by atoms with Gasteiger partial charge in [-0.15, -0.1) is 0 Å². The molecular formula is C17H17Cl2N3O3. The van der Waals surface area contributed by atoms with E-state index in [0.717, 1.165) is 5.69 Å². The number of halogens is 2. The van der Waals surface area contributed by atoms with Crippen LogP contribution < -0.4 is 5.32 Å². The standard InChI is InChI=1S/C17H17Cl2N3O3/c1-9-6-15(16(23)20-11-3-2-10(7-11)17(24)25)21-22(9)12-4-5-13(18)14(19)8-12/h4-6,8,10-11H,2-3,7H2,1H3,(H,20,23)(H,24,25)/t10-,11+/m1/s1. The van der Waals surface area contributed by atoms with Gasteiger partial charge < -0.3 is 10.4 Å². The number of aliphatic carboxylic acids is 1. The van der Waals surface area contributed by atoms with Crippen molar-refractivity contribution in [3.8, 4) is 5.69 Å². The molecule has 1 fully saturated rings. The molecule has 0 spiro atoms. The van der Waals surface area contributed by atoms with Gasteiger partial charge >= 0.3 is 5.97 Å². The number of nitrogens with one attached hydrogen (secondary N) is 1. The van der Waals surface area contributed by atoms with Gasteiger partial charge in [-0.25, -0.2) is 4.68 Å². The summed E-state index contributed by atoms with van der Waals surface area (Å²) < 4.78 is 1.62. The van der Waals surface area contributed by atoms with Crippen LogP contribution in [0.4, 0.5) is 0 Å². The summed E-state index contributed by atoms with van der Waals surface area (Å²) in [5, 5.41) is 17.1. The molecule has 1 amide bonds. The third-order valence-electron chi connectivity index (χ3n) is 4.38. The first-order valence-corrected chi connectivity index (χ1v) is 8.66. The van der Waals surface area contributed by atoms with Gasteiger partial charge in [-0.05, 0) is 50.5 Å². The van der Waals surface area contributed by atoms with Gasteiger partial charge in [0.25, 0.3) is 5.91 Å². The normalized spacial score (nSPS) is 19.8. The van der Waals surface area contributed by atoms with Crippen molar-refractivity contribution in [2.24, 2.45) is 5.92 Å². The van der Waals surface area contributed by atoms with Crippen LogP contribution in [0.25, 0.3) is 5.69 Å². The van der Waals surface area contributed by atoms with Gasteiger partial charge in [0.05, 0.1) is 21.7 Å². The zero-order chi connectivity index (χ0) is 18.1. The molecule has 1 aromatic carbocycles. The molecule has 1 heterocycles. The molecule has 1 aromatic heterocycles. The Morgan fingerprint density at radius 2 is 2.00 bits per heavy atom. The van der Waals surface area contributed by atoms with Crippen LogP contribution in [-0.2, 0) is 4.79 Å². The lowest BCUT2D eigenvalue weighted by Gasteiger charge is -2.11. The average molecular weight is 382 g/mol. The van der Waals surface area contributed by atoms with Crippen molar-refractivity contribution in [3.05, 3.63) is 45.7 Å². The number of carboxylic acid groups (broad SMARTS) is 1. The quantitative estimate of drug-likeness (QED) is 0.848. The van der Waals surface area contributed by atoms with Crippen molar-refractivity contribution in [2.45, 2.75) is 32.2 Å². The van der Waals surface area contributed by atoms with Crippen molar-refractivity contribution in [1.82, 2.24) is 15.1 Å². The van der Waals surface area contributed by atoms with Crippen LogP contribution >= 0.6 is 23.2 Å². The Hall–Kier alpha value is -2.05. The zero-order valence-corrected chi connectivity index (χ0v) is 15.0. The molecular weight excluding hydrogens is 365 g/mol. The van der Waals surface area contributed by atoms with Crippen molar-refractivity contribution in [3.63, 3.8) is 0 Å². The molecule has 1 saturated carbocycles. The lowest BCUT2D eigenvalue weighted by Crippen LogP contribution is -2.33. The van der Waals surface area contributed by atoms with Crippen molar-refractivity contribution in [1.29, 1.82) is 0 Å². The van der Waals surface area contributed by atoms with Crippen molar-refractivity contribution < 1.29 is 14.7 Å². The number of rotatable bonds is 4. The largest absolute Gasteiger partial charge is 0.481 e. The second-order valence-corrected chi connectivity index (χ2v) is 7.01. The van der Waals surface area contributed by atoms with Gasteiger partial charge in [-0.3, -0.25) is 9.59 Å². The van der Waals surface area contributed by atoms with Crippen LogP contribution in [0.1, 0.15) is 35.4 Å².